The quantitative estimate of drug-likeness (QED) is 0.265. The molecule has 3 aromatic carbocycles. The van der Waals surface area contributed by atoms with Gasteiger partial charge in [0.25, 0.3) is 10.0 Å². The topological polar surface area (TPSA) is 86.8 Å². The first-order valence-electron chi connectivity index (χ1n) is 12.3. The zero-order valence-corrected chi connectivity index (χ0v) is 26.1. The zero-order valence-electron chi connectivity index (χ0n) is 22.3. The third-order valence-electron chi connectivity index (χ3n) is 6.02. The van der Waals surface area contributed by atoms with Crippen molar-refractivity contribution >= 4 is 73.9 Å². The summed E-state index contributed by atoms with van der Waals surface area (Å²) < 4.78 is 28.7. The number of anilines is 1. The largest absolute Gasteiger partial charge is 0.352 e. The molecule has 1 N–H and O–H groups in total. The van der Waals surface area contributed by atoms with Crippen LogP contribution in [0.3, 0.4) is 0 Å². The highest BCUT2D eigenvalue weighted by Gasteiger charge is 2.34. The number of rotatable bonds is 10. The Morgan fingerprint density at radius 2 is 1.45 bits per heavy atom. The lowest BCUT2D eigenvalue weighted by atomic mass is 10.1. The first kappa shape index (κ1) is 32.0. The van der Waals surface area contributed by atoms with Crippen LogP contribution in [-0.2, 0) is 26.2 Å². The summed E-state index contributed by atoms with van der Waals surface area (Å²) in [5.41, 5.74) is 1.41. The Morgan fingerprint density at radius 3 is 2.05 bits per heavy atom. The molecule has 0 saturated heterocycles. The second kappa shape index (κ2) is 13.4. The van der Waals surface area contributed by atoms with E-state index in [-0.39, 0.29) is 33.2 Å². The van der Waals surface area contributed by atoms with Crippen LogP contribution in [0.5, 0.6) is 0 Å². The van der Waals surface area contributed by atoms with Gasteiger partial charge >= 0.3 is 0 Å². The Bertz CT molecular complexity index is 1500. The van der Waals surface area contributed by atoms with Gasteiger partial charge in [-0.25, -0.2) is 8.42 Å². The molecule has 0 aliphatic carbocycles. The maximum Gasteiger partial charge on any atom is 0.264 e. The van der Waals surface area contributed by atoms with Gasteiger partial charge in [0.1, 0.15) is 12.6 Å². The molecule has 12 heteroatoms. The highest BCUT2D eigenvalue weighted by atomic mass is 35.5. The third-order valence-corrected chi connectivity index (χ3v) is 8.93. The third kappa shape index (κ3) is 7.83. The standard InChI is InChI=1S/C28H29Cl4N3O4S/c1-17(2)33-28(37)19(4)34(15-20-7-8-21(29)13-25(20)32)27(36)16-35(26-14-22(30)9-12-24(26)31)40(38,39)23-10-5-18(3)6-11-23/h5-14,17,19H,15-16H2,1-4H3,(H,33,37)/t19-/m1/s1. The van der Waals surface area contributed by atoms with Gasteiger partial charge in [-0.05, 0) is 75.7 Å². The average molecular weight is 645 g/mol. The van der Waals surface area contributed by atoms with Crippen molar-refractivity contribution in [3.05, 3.63) is 91.9 Å². The van der Waals surface area contributed by atoms with Gasteiger partial charge in [0.2, 0.25) is 11.8 Å². The number of nitrogens with one attached hydrogen (secondary N) is 1. The van der Waals surface area contributed by atoms with Gasteiger partial charge in [0.05, 0.1) is 15.6 Å². The number of amides is 2. The number of carbonyl (C=O) groups excluding carboxylic acids is 2. The van der Waals surface area contributed by atoms with Crippen LogP contribution < -0.4 is 9.62 Å². The summed E-state index contributed by atoms with van der Waals surface area (Å²) in [4.78, 5) is 28.2. The van der Waals surface area contributed by atoms with Crippen molar-refractivity contribution in [1.82, 2.24) is 10.2 Å². The molecule has 0 fully saturated rings. The van der Waals surface area contributed by atoms with Crippen LogP contribution in [0.1, 0.15) is 31.9 Å². The monoisotopic (exact) mass is 643 g/mol. The van der Waals surface area contributed by atoms with Gasteiger partial charge < -0.3 is 10.2 Å². The Labute approximate surface area is 255 Å². The van der Waals surface area contributed by atoms with Crippen LogP contribution in [0.25, 0.3) is 0 Å². The van der Waals surface area contributed by atoms with E-state index in [1.807, 2.05) is 6.92 Å². The molecule has 7 nitrogen and oxygen atoms in total. The molecule has 0 saturated carbocycles. The molecule has 2 amide bonds. The molecule has 3 rings (SSSR count). The molecule has 0 spiro atoms. The molecule has 0 bridgehead atoms. The van der Waals surface area contributed by atoms with E-state index in [9.17, 15) is 18.0 Å². The molecule has 0 unspecified atom stereocenters. The van der Waals surface area contributed by atoms with E-state index in [1.54, 1.807) is 45.0 Å². The number of aryl methyl sites for hydroxylation is 1. The minimum Gasteiger partial charge on any atom is -0.352 e. The molecule has 1 atom stereocenters. The lowest BCUT2D eigenvalue weighted by Gasteiger charge is -2.32. The maximum absolute atomic E-state index is 14.0. The summed E-state index contributed by atoms with van der Waals surface area (Å²) in [6.45, 7) is 6.23. The van der Waals surface area contributed by atoms with Crippen LogP contribution in [0.4, 0.5) is 5.69 Å². The summed E-state index contributed by atoms with van der Waals surface area (Å²) >= 11 is 25.1. The summed E-state index contributed by atoms with van der Waals surface area (Å²) in [6.07, 6.45) is 0. The van der Waals surface area contributed by atoms with Gasteiger partial charge in [-0.2, -0.15) is 0 Å². The normalized spacial score (nSPS) is 12.2. The van der Waals surface area contributed by atoms with E-state index in [2.05, 4.69) is 5.32 Å². The van der Waals surface area contributed by atoms with Crippen LogP contribution >= 0.6 is 46.4 Å². The Balaban J connectivity index is 2.10. The molecule has 0 radical (unpaired) electrons. The number of hydrogen-bond acceptors (Lipinski definition) is 4. The van der Waals surface area contributed by atoms with E-state index in [0.717, 1.165) is 9.87 Å². The molecular weight excluding hydrogens is 616 g/mol. The summed E-state index contributed by atoms with van der Waals surface area (Å²) in [7, 11) is -4.29. The number of benzene rings is 3. The molecule has 0 aliphatic heterocycles. The first-order valence-corrected chi connectivity index (χ1v) is 15.2. The Kier molecular flexibility index (Phi) is 10.8. The van der Waals surface area contributed by atoms with Crippen LogP contribution in [0.2, 0.25) is 20.1 Å². The SMILES string of the molecule is Cc1ccc(S(=O)(=O)N(CC(=O)N(Cc2ccc(Cl)cc2Cl)[C@H](C)C(=O)NC(C)C)c2cc(Cl)ccc2Cl)cc1. The molecular formula is C28H29Cl4N3O4S. The fourth-order valence-electron chi connectivity index (χ4n) is 3.85. The van der Waals surface area contributed by atoms with Gasteiger partial charge in [-0.15, -0.1) is 0 Å². The van der Waals surface area contributed by atoms with Crippen molar-refractivity contribution in [3.63, 3.8) is 0 Å². The van der Waals surface area contributed by atoms with E-state index in [0.29, 0.717) is 15.6 Å². The summed E-state index contributed by atoms with van der Waals surface area (Å²) in [6, 6.07) is 14.2. The molecule has 40 heavy (non-hydrogen) atoms. The number of hydrogen-bond donors (Lipinski definition) is 1. The second-order valence-corrected chi connectivity index (χ2v) is 13.1. The van der Waals surface area contributed by atoms with Gasteiger partial charge in [0.15, 0.2) is 0 Å². The highest BCUT2D eigenvalue weighted by molar-refractivity contribution is 7.92. The Hall–Kier alpha value is -2.49. The fraction of sp³-hybridized carbons (Fsp3) is 0.286. The number of sulfonamides is 1. The number of halogens is 4. The van der Waals surface area contributed by atoms with Crippen LogP contribution in [0.15, 0.2) is 65.6 Å². The predicted molar refractivity (Wildman–Crippen MR) is 162 cm³/mol. The van der Waals surface area contributed by atoms with Crippen molar-refractivity contribution in [2.45, 2.75) is 51.2 Å². The highest BCUT2D eigenvalue weighted by Crippen LogP contribution is 2.33. The number of carbonyl (C=O) groups is 2. The average Bonchev–Trinajstić information content (AvgIpc) is 2.87. The molecule has 0 aromatic heterocycles. The maximum atomic E-state index is 14.0. The van der Waals surface area contributed by atoms with E-state index >= 15 is 0 Å². The van der Waals surface area contributed by atoms with Crippen molar-refractivity contribution < 1.29 is 18.0 Å². The number of nitrogens with zero attached hydrogens (tertiary/aromatic N) is 2. The molecule has 3 aromatic rings. The first-order chi connectivity index (χ1) is 18.7. The van der Waals surface area contributed by atoms with Crippen molar-refractivity contribution in [3.8, 4) is 0 Å². The lowest BCUT2D eigenvalue weighted by molar-refractivity contribution is -0.139. The van der Waals surface area contributed by atoms with Crippen molar-refractivity contribution in [2.75, 3.05) is 10.8 Å². The van der Waals surface area contributed by atoms with Crippen molar-refractivity contribution in [2.24, 2.45) is 0 Å². The van der Waals surface area contributed by atoms with E-state index in [1.165, 1.54) is 41.3 Å². The minimum absolute atomic E-state index is 0.0202. The van der Waals surface area contributed by atoms with Gasteiger partial charge in [0, 0.05) is 27.7 Å². The molecule has 0 heterocycles. The van der Waals surface area contributed by atoms with Gasteiger partial charge in [-0.1, -0.05) is 70.2 Å². The second-order valence-electron chi connectivity index (χ2n) is 9.52. The zero-order chi connectivity index (χ0) is 29.8. The summed E-state index contributed by atoms with van der Waals surface area (Å²) in [5.74, 6) is -1.08. The molecule has 0 aliphatic rings. The van der Waals surface area contributed by atoms with Crippen LogP contribution in [-0.4, -0.2) is 43.8 Å². The predicted octanol–water partition coefficient (Wildman–Crippen LogP) is 6.75. The minimum atomic E-state index is -4.29. The smallest absolute Gasteiger partial charge is 0.264 e. The lowest BCUT2D eigenvalue weighted by Crippen LogP contribution is -2.52. The Morgan fingerprint density at radius 1 is 0.850 bits per heavy atom. The van der Waals surface area contributed by atoms with Gasteiger partial charge in [-0.3, -0.25) is 13.9 Å². The van der Waals surface area contributed by atoms with Crippen LogP contribution in [0, 0.1) is 6.92 Å². The molecule has 214 valence electrons. The van der Waals surface area contributed by atoms with Crippen molar-refractivity contribution in [1.29, 1.82) is 0 Å². The summed E-state index contributed by atoms with van der Waals surface area (Å²) in [5, 5.41) is 3.80. The fourth-order valence-corrected chi connectivity index (χ4v) is 6.18. The van der Waals surface area contributed by atoms with E-state index < -0.39 is 34.4 Å². The van der Waals surface area contributed by atoms with E-state index in [4.69, 9.17) is 46.4 Å².